The van der Waals surface area contributed by atoms with E-state index < -0.39 is 10.0 Å². The first-order valence-corrected chi connectivity index (χ1v) is 6.89. The Morgan fingerprint density at radius 2 is 2.22 bits per heavy atom. The summed E-state index contributed by atoms with van der Waals surface area (Å²) in [6.45, 7) is 0.620. The second kappa shape index (κ2) is 5.42. The van der Waals surface area contributed by atoms with Gasteiger partial charge in [0, 0.05) is 18.9 Å². The van der Waals surface area contributed by atoms with E-state index in [2.05, 4.69) is 20.0 Å². The van der Waals surface area contributed by atoms with Crippen molar-refractivity contribution in [3.05, 3.63) is 35.9 Å². The lowest BCUT2D eigenvalue weighted by molar-refractivity contribution is 0.552. The molecule has 2 aromatic rings. The Morgan fingerprint density at radius 1 is 1.39 bits per heavy atom. The van der Waals surface area contributed by atoms with Crippen LogP contribution in [0.15, 0.2) is 35.6 Å². The molecule has 2 aromatic heterocycles. The number of pyridine rings is 1. The fourth-order valence-electron chi connectivity index (χ4n) is 1.25. The standard InChI is InChI=1S/C9H10ClN5O2S/c10-9-2-1-8(7-11-9)18(16,17)13-4-6-15-5-3-12-14-15/h1-3,5,7,13H,4,6H2. The molecule has 0 saturated heterocycles. The van der Waals surface area contributed by atoms with Crippen LogP contribution >= 0.6 is 11.6 Å². The molecule has 0 saturated carbocycles. The molecule has 2 rings (SSSR count). The highest BCUT2D eigenvalue weighted by atomic mass is 35.5. The van der Waals surface area contributed by atoms with E-state index in [-0.39, 0.29) is 16.6 Å². The lowest BCUT2D eigenvalue weighted by atomic mass is 10.5. The lowest BCUT2D eigenvalue weighted by Gasteiger charge is -2.06. The average Bonchev–Trinajstić information content (AvgIpc) is 2.82. The van der Waals surface area contributed by atoms with Gasteiger partial charge in [-0.2, -0.15) is 0 Å². The zero-order valence-electron chi connectivity index (χ0n) is 9.19. The number of nitrogens with zero attached hydrogens (tertiary/aromatic N) is 4. The van der Waals surface area contributed by atoms with Crippen molar-refractivity contribution in [1.82, 2.24) is 24.7 Å². The largest absolute Gasteiger partial charge is 0.251 e. The van der Waals surface area contributed by atoms with E-state index in [1.807, 2.05) is 0 Å². The normalized spacial score (nSPS) is 11.6. The van der Waals surface area contributed by atoms with Gasteiger partial charge >= 0.3 is 0 Å². The van der Waals surface area contributed by atoms with Crippen molar-refractivity contribution in [2.75, 3.05) is 6.54 Å². The van der Waals surface area contributed by atoms with Crippen LogP contribution in [0.2, 0.25) is 5.15 Å². The highest BCUT2D eigenvalue weighted by Gasteiger charge is 2.13. The number of sulfonamides is 1. The zero-order chi connectivity index (χ0) is 13.0. The number of hydrogen-bond acceptors (Lipinski definition) is 5. The molecule has 0 bridgehead atoms. The van der Waals surface area contributed by atoms with Crippen molar-refractivity contribution in [3.8, 4) is 0 Å². The fourth-order valence-corrected chi connectivity index (χ4v) is 2.33. The van der Waals surface area contributed by atoms with Crippen LogP contribution in [0.3, 0.4) is 0 Å². The molecule has 18 heavy (non-hydrogen) atoms. The van der Waals surface area contributed by atoms with Crippen LogP contribution in [0.25, 0.3) is 0 Å². The Bertz CT molecular complexity index is 596. The van der Waals surface area contributed by atoms with Gasteiger partial charge in [-0.15, -0.1) is 5.10 Å². The zero-order valence-corrected chi connectivity index (χ0v) is 10.8. The van der Waals surface area contributed by atoms with Gasteiger partial charge in [0.05, 0.1) is 12.7 Å². The molecule has 0 aliphatic rings. The molecule has 0 amide bonds. The summed E-state index contributed by atoms with van der Waals surface area (Å²) in [5, 5.41) is 7.59. The molecule has 0 aliphatic carbocycles. The summed E-state index contributed by atoms with van der Waals surface area (Å²) in [4.78, 5) is 3.80. The molecular formula is C9H10ClN5O2S. The van der Waals surface area contributed by atoms with E-state index in [1.54, 1.807) is 6.20 Å². The van der Waals surface area contributed by atoms with Crippen LogP contribution < -0.4 is 4.72 Å². The maximum atomic E-state index is 11.8. The van der Waals surface area contributed by atoms with Gasteiger partial charge in [-0.1, -0.05) is 16.8 Å². The number of hydrogen-bond donors (Lipinski definition) is 1. The van der Waals surface area contributed by atoms with E-state index >= 15 is 0 Å². The monoisotopic (exact) mass is 287 g/mol. The first-order valence-electron chi connectivity index (χ1n) is 5.03. The predicted molar refractivity (Wildman–Crippen MR) is 64.5 cm³/mol. The Morgan fingerprint density at radius 3 is 2.83 bits per heavy atom. The first-order chi connectivity index (χ1) is 8.58. The highest BCUT2D eigenvalue weighted by Crippen LogP contribution is 2.10. The van der Waals surface area contributed by atoms with Crippen molar-refractivity contribution in [3.63, 3.8) is 0 Å². The van der Waals surface area contributed by atoms with Crippen LogP contribution in [-0.4, -0.2) is 34.9 Å². The summed E-state index contributed by atoms with van der Waals surface area (Å²) in [5.74, 6) is 0. The topological polar surface area (TPSA) is 89.8 Å². The second-order valence-corrected chi connectivity index (χ2v) is 5.53. The third-order valence-electron chi connectivity index (χ3n) is 2.12. The van der Waals surface area contributed by atoms with Gasteiger partial charge in [0.25, 0.3) is 0 Å². The van der Waals surface area contributed by atoms with Gasteiger partial charge in [0.1, 0.15) is 10.0 Å². The molecule has 9 heteroatoms. The van der Waals surface area contributed by atoms with Crippen LogP contribution in [0, 0.1) is 0 Å². The molecule has 0 aromatic carbocycles. The van der Waals surface area contributed by atoms with Crippen molar-refractivity contribution >= 4 is 21.6 Å². The fraction of sp³-hybridized carbons (Fsp3) is 0.222. The minimum Gasteiger partial charge on any atom is -0.251 e. The molecule has 0 unspecified atom stereocenters. The van der Waals surface area contributed by atoms with Gasteiger partial charge in [0.15, 0.2) is 0 Å². The van der Waals surface area contributed by atoms with Crippen molar-refractivity contribution in [1.29, 1.82) is 0 Å². The van der Waals surface area contributed by atoms with E-state index in [9.17, 15) is 8.42 Å². The summed E-state index contributed by atoms with van der Waals surface area (Å²) >= 11 is 5.59. The maximum Gasteiger partial charge on any atom is 0.242 e. The van der Waals surface area contributed by atoms with Crippen LogP contribution in [0.5, 0.6) is 0 Å². The van der Waals surface area contributed by atoms with Gasteiger partial charge < -0.3 is 0 Å². The molecule has 96 valence electrons. The molecule has 0 fully saturated rings. The Kier molecular flexibility index (Phi) is 3.90. The average molecular weight is 288 g/mol. The number of aromatic nitrogens is 4. The highest BCUT2D eigenvalue weighted by molar-refractivity contribution is 7.89. The predicted octanol–water partition coefficient (Wildman–Crippen LogP) is 0.305. The van der Waals surface area contributed by atoms with E-state index in [4.69, 9.17) is 11.6 Å². The number of halogens is 1. The maximum absolute atomic E-state index is 11.8. The molecule has 0 aliphatic heterocycles. The van der Waals surface area contributed by atoms with Crippen molar-refractivity contribution in [2.24, 2.45) is 0 Å². The molecule has 2 heterocycles. The molecule has 7 nitrogen and oxygen atoms in total. The van der Waals surface area contributed by atoms with Crippen LogP contribution in [0.1, 0.15) is 0 Å². The van der Waals surface area contributed by atoms with Gasteiger partial charge in [-0.3, -0.25) is 4.68 Å². The lowest BCUT2D eigenvalue weighted by Crippen LogP contribution is -2.27. The molecule has 0 spiro atoms. The molecule has 0 atom stereocenters. The molecule has 0 radical (unpaired) electrons. The summed E-state index contributed by atoms with van der Waals surface area (Å²) in [5.41, 5.74) is 0. The van der Waals surface area contributed by atoms with Gasteiger partial charge in [0.2, 0.25) is 10.0 Å². The van der Waals surface area contributed by atoms with Gasteiger partial charge in [-0.25, -0.2) is 18.1 Å². The van der Waals surface area contributed by atoms with Crippen LogP contribution in [-0.2, 0) is 16.6 Å². The van der Waals surface area contributed by atoms with Crippen molar-refractivity contribution in [2.45, 2.75) is 11.4 Å². The third-order valence-corrected chi connectivity index (χ3v) is 3.79. The third kappa shape index (κ3) is 3.25. The van der Waals surface area contributed by atoms with E-state index in [1.165, 1.54) is 29.2 Å². The van der Waals surface area contributed by atoms with Crippen LogP contribution in [0.4, 0.5) is 0 Å². The minimum absolute atomic E-state index is 0.0745. The summed E-state index contributed by atoms with van der Waals surface area (Å²) in [7, 11) is -3.56. The van der Waals surface area contributed by atoms with Gasteiger partial charge in [-0.05, 0) is 12.1 Å². The summed E-state index contributed by atoms with van der Waals surface area (Å²) < 4.78 is 27.6. The Hall–Kier alpha value is -1.51. The number of nitrogens with one attached hydrogen (secondary N) is 1. The quantitative estimate of drug-likeness (QED) is 0.799. The Balaban J connectivity index is 1.97. The number of rotatable bonds is 5. The second-order valence-electron chi connectivity index (χ2n) is 3.38. The minimum atomic E-state index is -3.56. The summed E-state index contributed by atoms with van der Waals surface area (Å²) in [6.07, 6.45) is 4.38. The Labute approximate surface area is 109 Å². The first kappa shape index (κ1) is 12.9. The SMILES string of the molecule is O=S(=O)(NCCn1ccnn1)c1ccc(Cl)nc1. The smallest absolute Gasteiger partial charge is 0.242 e. The summed E-state index contributed by atoms with van der Waals surface area (Å²) in [6, 6.07) is 2.82. The van der Waals surface area contributed by atoms with E-state index in [0.717, 1.165) is 0 Å². The molecule has 1 N–H and O–H groups in total. The van der Waals surface area contributed by atoms with Crippen molar-refractivity contribution < 1.29 is 8.42 Å². The molecular weight excluding hydrogens is 278 g/mol. The van der Waals surface area contributed by atoms with E-state index in [0.29, 0.717) is 6.54 Å².